The summed E-state index contributed by atoms with van der Waals surface area (Å²) in [6, 6.07) is 7.38. The zero-order valence-corrected chi connectivity index (χ0v) is 13.7. The molecule has 0 spiro atoms. The highest BCUT2D eigenvalue weighted by molar-refractivity contribution is 7.08. The molecule has 0 fully saturated rings. The molecule has 3 rings (SSSR count). The molecule has 2 N–H and O–H groups in total. The van der Waals surface area contributed by atoms with E-state index in [9.17, 15) is 9.90 Å². The van der Waals surface area contributed by atoms with Gasteiger partial charge < -0.3 is 15.2 Å². The lowest BCUT2D eigenvalue weighted by atomic mass is 9.88. The van der Waals surface area contributed by atoms with E-state index in [0.29, 0.717) is 29.2 Å². The highest BCUT2D eigenvalue weighted by atomic mass is 32.1. The van der Waals surface area contributed by atoms with Crippen molar-refractivity contribution in [2.45, 2.75) is 31.8 Å². The van der Waals surface area contributed by atoms with Gasteiger partial charge in [-0.15, -0.1) is 5.10 Å². The first kappa shape index (κ1) is 15.9. The smallest absolute Gasteiger partial charge is 0.265 e. The van der Waals surface area contributed by atoms with E-state index in [1.54, 1.807) is 0 Å². The molecular formula is C16H19N3O3S. The number of hydrogen-bond acceptors (Lipinski definition) is 6. The number of amides is 1. The minimum absolute atomic E-state index is 0.135. The first-order valence-corrected chi connectivity index (χ1v) is 8.45. The normalized spacial score (nSPS) is 19.7. The highest BCUT2D eigenvalue weighted by Crippen LogP contribution is 2.36. The van der Waals surface area contributed by atoms with E-state index in [1.807, 2.05) is 31.2 Å². The van der Waals surface area contributed by atoms with Crippen LogP contribution in [-0.4, -0.2) is 33.8 Å². The van der Waals surface area contributed by atoms with E-state index in [0.717, 1.165) is 30.1 Å². The minimum atomic E-state index is -1.12. The Bertz CT molecular complexity index is 703. The molecule has 0 aliphatic carbocycles. The highest BCUT2D eigenvalue weighted by Gasteiger charge is 2.36. The fourth-order valence-corrected chi connectivity index (χ4v) is 3.34. The standard InChI is InChI=1S/C16H19N3O3S/c1-2-5-12-14(23-19-18-12)15(20)17-10-16(21)8-9-22-13-7-4-3-6-11(13)16/h3-4,6-7,21H,2,5,8-10H2,1H3,(H,17,20). The molecule has 1 aliphatic rings. The summed E-state index contributed by atoms with van der Waals surface area (Å²) in [5, 5.41) is 17.7. The van der Waals surface area contributed by atoms with Crippen molar-refractivity contribution in [3.63, 3.8) is 0 Å². The molecule has 1 aromatic carbocycles. The summed E-state index contributed by atoms with van der Waals surface area (Å²) in [4.78, 5) is 12.9. The number of benzene rings is 1. The first-order valence-electron chi connectivity index (χ1n) is 7.68. The van der Waals surface area contributed by atoms with Crippen molar-refractivity contribution in [2.24, 2.45) is 0 Å². The Kier molecular flexibility index (Phi) is 4.58. The van der Waals surface area contributed by atoms with Gasteiger partial charge in [-0.1, -0.05) is 36.0 Å². The number of nitrogens with one attached hydrogen (secondary N) is 1. The fourth-order valence-electron chi connectivity index (χ4n) is 2.71. The van der Waals surface area contributed by atoms with E-state index in [2.05, 4.69) is 14.9 Å². The summed E-state index contributed by atoms with van der Waals surface area (Å²) in [5.41, 5.74) is 0.310. The molecule has 2 aromatic rings. The molecule has 122 valence electrons. The van der Waals surface area contributed by atoms with Crippen LogP contribution in [0.1, 0.15) is 40.7 Å². The fraction of sp³-hybridized carbons (Fsp3) is 0.438. The molecule has 1 unspecified atom stereocenters. The number of aliphatic hydroxyl groups is 1. The molecule has 0 saturated heterocycles. The second kappa shape index (κ2) is 6.64. The van der Waals surface area contributed by atoms with Crippen molar-refractivity contribution in [3.8, 4) is 5.75 Å². The summed E-state index contributed by atoms with van der Waals surface area (Å²) in [7, 11) is 0. The third-order valence-corrected chi connectivity index (χ3v) is 4.72. The van der Waals surface area contributed by atoms with Crippen LogP contribution in [0.5, 0.6) is 5.75 Å². The quantitative estimate of drug-likeness (QED) is 0.873. The summed E-state index contributed by atoms with van der Waals surface area (Å²) in [6.07, 6.45) is 2.06. The number of nitrogens with zero attached hydrogens (tertiary/aromatic N) is 2. The lowest BCUT2D eigenvalue weighted by Gasteiger charge is -2.34. The van der Waals surface area contributed by atoms with Gasteiger partial charge in [0.15, 0.2) is 0 Å². The van der Waals surface area contributed by atoms with Crippen molar-refractivity contribution >= 4 is 17.4 Å². The van der Waals surface area contributed by atoms with Crippen LogP contribution < -0.4 is 10.1 Å². The third-order valence-electron chi connectivity index (χ3n) is 3.95. The summed E-state index contributed by atoms with van der Waals surface area (Å²) in [6.45, 7) is 2.59. The van der Waals surface area contributed by atoms with Crippen LogP contribution in [-0.2, 0) is 12.0 Å². The van der Waals surface area contributed by atoms with Crippen LogP contribution in [0.15, 0.2) is 24.3 Å². The molecule has 1 amide bonds. The zero-order valence-electron chi connectivity index (χ0n) is 12.9. The largest absolute Gasteiger partial charge is 0.493 e. The van der Waals surface area contributed by atoms with Gasteiger partial charge in [-0.25, -0.2) is 0 Å². The Hall–Kier alpha value is -1.99. The van der Waals surface area contributed by atoms with Crippen LogP contribution in [0.2, 0.25) is 0 Å². The average molecular weight is 333 g/mol. The van der Waals surface area contributed by atoms with E-state index in [-0.39, 0.29) is 12.5 Å². The van der Waals surface area contributed by atoms with Gasteiger partial charge in [0.05, 0.1) is 18.8 Å². The lowest BCUT2D eigenvalue weighted by molar-refractivity contribution is -0.00158. The maximum Gasteiger partial charge on any atom is 0.265 e. The number of carbonyl (C=O) groups is 1. The van der Waals surface area contributed by atoms with Crippen LogP contribution in [0.3, 0.4) is 0 Å². The van der Waals surface area contributed by atoms with E-state index in [4.69, 9.17) is 4.74 Å². The number of para-hydroxylation sites is 1. The summed E-state index contributed by atoms with van der Waals surface area (Å²) >= 11 is 1.09. The Balaban J connectivity index is 1.73. The van der Waals surface area contributed by atoms with Gasteiger partial charge in [0.2, 0.25) is 0 Å². The number of aromatic nitrogens is 2. The lowest BCUT2D eigenvalue weighted by Crippen LogP contribution is -2.43. The maximum absolute atomic E-state index is 12.4. The van der Waals surface area contributed by atoms with Crippen molar-refractivity contribution in [1.82, 2.24) is 14.9 Å². The molecule has 0 radical (unpaired) electrons. The topological polar surface area (TPSA) is 84.3 Å². The van der Waals surface area contributed by atoms with Gasteiger partial charge >= 0.3 is 0 Å². The second-order valence-corrected chi connectivity index (χ2v) is 6.36. The van der Waals surface area contributed by atoms with Crippen molar-refractivity contribution in [2.75, 3.05) is 13.2 Å². The van der Waals surface area contributed by atoms with Crippen LogP contribution in [0, 0.1) is 0 Å². The molecule has 1 aliphatic heterocycles. The maximum atomic E-state index is 12.4. The molecule has 0 bridgehead atoms. The van der Waals surface area contributed by atoms with Gasteiger partial charge in [0, 0.05) is 12.0 Å². The molecule has 1 aromatic heterocycles. The number of aryl methyl sites for hydroxylation is 1. The van der Waals surface area contributed by atoms with Crippen LogP contribution in [0.25, 0.3) is 0 Å². The van der Waals surface area contributed by atoms with E-state index in [1.165, 1.54) is 0 Å². The number of fused-ring (bicyclic) bond motifs is 1. The molecule has 7 heteroatoms. The second-order valence-electron chi connectivity index (χ2n) is 5.61. The monoisotopic (exact) mass is 333 g/mol. The number of hydrogen-bond donors (Lipinski definition) is 2. The van der Waals surface area contributed by atoms with Crippen molar-refractivity contribution in [1.29, 1.82) is 0 Å². The number of rotatable bonds is 5. The van der Waals surface area contributed by atoms with Gasteiger partial charge in [0.25, 0.3) is 5.91 Å². The van der Waals surface area contributed by atoms with Crippen LogP contribution >= 0.6 is 11.5 Å². The molecule has 2 heterocycles. The first-order chi connectivity index (χ1) is 11.1. The molecular weight excluding hydrogens is 314 g/mol. The Labute approximate surface area is 138 Å². The van der Waals surface area contributed by atoms with Gasteiger partial charge in [-0.2, -0.15) is 0 Å². The van der Waals surface area contributed by atoms with Gasteiger partial charge in [-0.05, 0) is 24.0 Å². The Morgan fingerprint density at radius 3 is 3.13 bits per heavy atom. The number of ether oxygens (including phenoxy) is 1. The van der Waals surface area contributed by atoms with Gasteiger partial charge in [-0.3, -0.25) is 4.79 Å². The van der Waals surface area contributed by atoms with Crippen molar-refractivity contribution < 1.29 is 14.6 Å². The summed E-state index contributed by atoms with van der Waals surface area (Å²) < 4.78 is 9.42. The molecule has 1 atom stereocenters. The predicted molar refractivity (Wildman–Crippen MR) is 86.7 cm³/mol. The molecule has 0 saturated carbocycles. The summed E-state index contributed by atoms with van der Waals surface area (Å²) in [5.74, 6) is 0.433. The molecule has 6 nitrogen and oxygen atoms in total. The van der Waals surface area contributed by atoms with Crippen molar-refractivity contribution in [3.05, 3.63) is 40.4 Å². The third kappa shape index (κ3) is 3.20. The van der Waals surface area contributed by atoms with E-state index >= 15 is 0 Å². The number of carbonyl (C=O) groups excluding carboxylic acids is 1. The Morgan fingerprint density at radius 2 is 2.30 bits per heavy atom. The SMILES string of the molecule is CCCc1nnsc1C(=O)NCC1(O)CCOc2ccccc21. The van der Waals surface area contributed by atoms with Crippen LogP contribution in [0.4, 0.5) is 0 Å². The van der Waals surface area contributed by atoms with E-state index < -0.39 is 5.60 Å². The molecule has 23 heavy (non-hydrogen) atoms. The minimum Gasteiger partial charge on any atom is -0.493 e. The Morgan fingerprint density at radius 1 is 1.48 bits per heavy atom. The van der Waals surface area contributed by atoms with Gasteiger partial charge in [0.1, 0.15) is 16.2 Å². The average Bonchev–Trinajstić information content (AvgIpc) is 3.02. The predicted octanol–water partition coefficient (Wildman–Crippen LogP) is 1.89. The zero-order chi connectivity index (χ0) is 16.3.